The van der Waals surface area contributed by atoms with Crippen LogP contribution in [-0.2, 0) is 14.3 Å². The number of carbonyl (C=O) groups excluding carboxylic acids is 1. The molecule has 1 aliphatic rings. The molecule has 1 aromatic carbocycles. The number of halogens is 2. The van der Waals surface area contributed by atoms with E-state index in [0.717, 1.165) is 22.6 Å². The first-order valence-electron chi connectivity index (χ1n) is 8.54. The Morgan fingerprint density at radius 2 is 2.04 bits per heavy atom. The predicted molar refractivity (Wildman–Crippen MR) is 106 cm³/mol. The molecule has 8 heteroatoms. The summed E-state index contributed by atoms with van der Waals surface area (Å²) < 4.78 is 12.8. The van der Waals surface area contributed by atoms with Crippen LogP contribution >= 0.6 is 23.2 Å². The van der Waals surface area contributed by atoms with Gasteiger partial charge in [-0.2, -0.15) is 5.10 Å². The maximum atomic E-state index is 12.0. The standard InChI is InChI=1S/C19H21Cl2N3O3/c1-12-9-14(11-22-23-17(25)10-19(3)26-7-8-27-19)13(2)24(12)16-6-4-5-15(20)18(16)21/h4-6,9,11H,7-8,10H2,1-3H3,(H,23,25). The second kappa shape index (κ2) is 8.02. The van der Waals surface area contributed by atoms with Crippen LogP contribution < -0.4 is 5.43 Å². The van der Waals surface area contributed by atoms with Crippen molar-refractivity contribution < 1.29 is 14.3 Å². The Morgan fingerprint density at radius 1 is 1.33 bits per heavy atom. The lowest BCUT2D eigenvalue weighted by Crippen LogP contribution is -2.33. The van der Waals surface area contributed by atoms with Gasteiger partial charge in [-0.3, -0.25) is 4.79 Å². The first kappa shape index (κ1) is 19.9. The van der Waals surface area contributed by atoms with E-state index >= 15 is 0 Å². The predicted octanol–water partition coefficient (Wildman–Crippen LogP) is 4.00. The summed E-state index contributed by atoms with van der Waals surface area (Å²) in [6.45, 7) is 6.65. The van der Waals surface area contributed by atoms with E-state index in [1.807, 2.05) is 36.6 Å². The monoisotopic (exact) mass is 409 g/mol. The van der Waals surface area contributed by atoms with Crippen molar-refractivity contribution in [1.29, 1.82) is 0 Å². The highest BCUT2D eigenvalue weighted by Gasteiger charge is 2.33. The summed E-state index contributed by atoms with van der Waals surface area (Å²) in [5.41, 5.74) is 6.09. The number of aryl methyl sites for hydroxylation is 1. The summed E-state index contributed by atoms with van der Waals surface area (Å²) in [6.07, 6.45) is 1.69. The number of carbonyl (C=O) groups is 1. The zero-order valence-electron chi connectivity index (χ0n) is 15.4. The van der Waals surface area contributed by atoms with E-state index in [9.17, 15) is 4.79 Å². The highest BCUT2D eigenvalue weighted by Crippen LogP contribution is 2.31. The number of amides is 1. The molecule has 1 aliphatic heterocycles. The summed E-state index contributed by atoms with van der Waals surface area (Å²) in [7, 11) is 0. The molecule has 1 N–H and O–H groups in total. The first-order chi connectivity index (χ1) is 12.8. The summed E-state index contributed by atoms with van der Waals surface area (Å²) in [5, 5.41) is 5.04. The van der Waals surface area contributed by atoms with Gasteiger partial charge in [0, 0.05) is 17.0 Å². The molecule has 0 unspecified atom stereocenters. The van der Waals surface area contributed by atoms with E-state index < -0.39 is 5.79 Å². The van der Waals surface area contributed by atoms with Gasteiger partial charge in [0.15, 0.2) is 5.79 Å². The Balaban J connectivity index is 1.74. The molecule has 2 heterocycles. The van der Waals surface area contributed by atoms with Crippen LogP contribution in [0.25, 0.3) is 5.69 Å². The SMILES string of the molecule is Cc1cc(C=NNC(=O)CC2(C)OCCO2)c(C)n1-c1cccc(Cl)c1Cl. The number of rotatable bonds is 5. The zero-order chi connectivity index (χ0) is 19.6. The highest BCUT2D eigenvalue weighted by atomic mass is 35.5. The van der Waals surface area contributed by atoms with E-state index in [2.05, 4.69) is 10.5 Å². The zero-order valence-corrected chi connectivity index (χ0v) is 16.9. The lowest BCUT2D eigenvalue weighted by molar-refractivity contribution is -0.159. The quantitative estimate of drug-likeness (QED) is 0.599. The van der Waals surface area contributed by atoms with E-state index in [0.29, 0.717) is 23.3 Å². The number of hydrazone groups is 1. The van der Waals surface area contributed by atoms with Crippen LogP contribution in [0.4, 0.5) is 0 Å². The van der Waals surface area contributed by atoms with E-state index in [-0.39, 0.29) is 12.3 Å². The van der Waals surface area contributed by atoms with Crippen molar-refractivity contribution in [2.45, 2.75) is 33.0 Å². The average Bonchev–Trinajstić information content (AvgIpc) is 3.14. The molecular formula is C19H21Cl2N3O3. The Hall–Kier alpha value is -1.86. The summed E-state index contributed by atoms with van der Waals surface area (Å²) in [4.78, 5) is 12.0. The van der Waals surface area contributed by atoms with Gasteiger partial charge in [0.25, 0.3) is 0 Å². The molecule has 6 nitrogen and oxygen atoms in total. The van der Waals surface area contributed by atoms with Crippen molar-refractivity contribution in [3.8, 4) is 5.69 Å². The van der Waals surface area contributed by atoms with Crippen LogP contribution in [0.1, 0.15) is 30.3 Å². The van der Waals surface area contributed by atoms with Gasteiger partial charge in [-0.15, -0.1) is 0 Å². The third kappa shape index (κ3) is 4.35. The van der Waals surface area contributed by atoms with Crippen molar-refractivity contribution in [3.63, 3.8) is 0 Å². The van der Waals surface area contributed by atoms with Gasteiger partial charge in [-0.05, 0) is 39.0 Å². The maximum absolute atomic E-state index is 12.0. The summed E-state index contributed by atoms with van der Waals surface area (Å²) >= 11 is 12.5. The minimum atomic E-state index is -0.876. The number of nitrogens with one attached hydrogen (secondary N) is 1. The molecular weight excluding hydrogens is 389 g/mol. The molecule has 0 bridgehead atoms. The Kier molecular flexibility index (Phi) is 5.91. The molecule has 0 radical (unpaired) electrons. The van der Waals surface area contributed by atoms with Gasteiger partial charge >= 0.3 is 0 Å². The summed E-state index contributed by atoms with van der Waals surface area (Å²) in [6, 6.07) is 7.47. The molecule has 27 heavy (non-hydrogen) atoms. The number of benzene rings is 1. The van der Waals surface area contributed by atoms with Crippen molar-refractivity contribution >= 4 is 35.3 Å². The second-order valence-electron chi connectivity index (χ2n) is 6.54. The van der Waals surface area contributed by atoms with E-state index in [1.54, 1.807) is 19.2 Å². The fourth-order valence-electron chi connectivity index (χ4n) is 3.12. The van der Waals surface area contributed by atoms with Gasteiger partial charge < -0.3 is 14.0 Å². The highest BCUT2D eigenvalue weighted by molar-refractivity contribution is 6.43. The van der Waals surface area contributed by atoms with Crippen LogP contribution in [-0.4, -0.2) is 35.7 Å². The average molecular weight is 410 g/mol. The number of aromatic nitrogens is 1. The van der Waals surface area contributed by atoms with Gasteiger partial charge in [0.1, 0.15) is 0 Å². The molecule has 2 aromatic rings. The van der Waals surface area contributed by atoms with Gasteiger partial charge in [0.05, 0.1) is 41.6 Å². The van der Waals surface area contributed by atoms with Gasteiger partial charge in [-0.25, -0.2) is 5.43 Å². The van der Waals surface area contributed by atoms with Crippen molar-refractivity contribution in [3.05, 3.63) is 51.3 Å². The lowest BCUT2D eigenvalue weighted by atomic mass is 10.2. The third-order valence-electron chi connectivity index (χ3n) is 4.42. The Labute approximate surface area is 168 Å². The fraction of sp³-hybridized carbons (Fsp3) is 0.368. The van der Waals surface area contributed by atoms with Crippen molar-refractivity contribution in [2.75, 3.05) is 13.2 Å². The topological polar surface area (TPSA) is 64.8 Å². The van der Waals surface area contributed by atoms with Crippen LogP contribution in [0.2, 0.25) is 10.0 Å². The van der Waals surface area contributed by atoms with Crippen LogP contribution in [0.5, 0.6) is 0 Å². The number of hydrogen-bond acceptors (Lipinski definition) is 4. The van der Waals surface area contributed by atoms with Gasteiger partial charge in [0.2, 0.25) is 5.91 Å². The molecule has 3 rings (SSSR count). The maximum Gasteiger partial charge on any atom is 0.245 e. The fourth-order valence-corrected chi connectivity index (χ4v) is 3.50. The Bertz CT molecular complexity index is 887. The molecule has 1 aromatic heterocycles. The van der Waals surface area contributed by atoms with Crippen LogP contribution in [0.15, 0.2) is 29.4 Å². The molecule has 1 amide bonds. The first-order valence-corrected chi connectivity index (χ1v) is 9.29. The molecule has 1 fully saturated rings. The molecule has 144 valence electrons. The minimum Gasteiger partial charge on any atom is -0.347 e. The number of nitrogens with zero attached hydrogens (tertiary/aromatic N) is 2. The van der Waals surface area contributed by atoms with Crippen molar-refractivity contribution in [1.82, 2.24) is 9.99 Å². The molecule has 1 saturated heterocycles. The largest absolute Gasteiger partial charge is 0.347 e. The van der Waals surface area contributed by atoms with Crippen LogP contribution in [0.3, 0.4) is 0 Å². The third-order valence-corrected chi connectivity index (χ3v) is 5.22. The normalized spacial score (nSPS) is 16.2. The van der Waals surface area contributed by atoms with E-state index in [1.165, 1.54) is 0 Å². The lowest BCUT2D eigenvalue weighted by Gasteiger charge is -2.20. The molecule has 0 aliphatic carbocycles. The van der Waals surface area contributed by atoms with Crippen molar-refractivity contribution in [2.24, 2.45) is 5.10 Å². The Morgan fingerprint density at radius 3 is 2.74 bits per heavy atom. The van der Waals surface area contributed by atoms with E-state index in [4.69, 9.17) is 32.7 Å². The summed E-state index contributed by atoms with van der Waals surface area (Å²) in [5.74, 6) is -1.15. The molecule has 0 saturated carbocycles. The number of hydrogen-bond donors (Lipinski definition) is 1. The smallest absolute Gasteiger partial charge is 0.245 e. The van der Waals surface area contributed by atoms with Gasteiger partial charge in [-0.1, -0.05) is 29.3 Å². The molecule has 0 spiro atoms. The number of ether oxygens (including phenoxy) is 2. The second-order valence-corrected chi connectivity index (χ2v) is 7.32. The molecule has 0 atom stereocenters. The minimum absolute atomic E-state index is 0.0848. The van der Waals surface area contributed by atoms with Crippen LogP contribution in [0, 0.1) is 13.8 Å².